The Balaban J connectivity index is 2.15. The average molecular weight is 339 g/mol. The quantitative estimate of drug-likeness (QED) is 0.860. The number of piperazine rings is 1. The van der Waals surface area contributed by atoms with Crippen LogP contribution in [0.2, 0.25) is 0 Å². The van der Waals surface area contributed by atoms with Crippen molar-refractivity contribution in [3.8, 4) is 0 Å². The Labute approximate surface area is 127 Å². The summed E-state index contributed by atoms with van der Waals surface area (Å²) in [6, 6.07) is 6.48. The number of halogens is 1. The second-order valence-corrected chi connectivity index (χ2v) is 6.01. The number of rotatable bonds is 3. The Kier molecular flexibility index (Phi) is 4.83. The molecule has 1 aliphatic heterocycles. The highest BCUT2D eigenvalue weighted by molar-refractivity contribution is 9.10. The minimum atomic E-state index is -0.932. The predicted molar refractivity (Wildman–Crippen MR) is 85.1 cm³/mol. The zero-order valence-electron chi connectivity index (χ0n) is 11.7. The second kappa shape index (κ2) is 6.41. The van der Waals surface area contributed by atoms with Crippen LogP contribution in [0.1, 0.15) is 12.5 Å². The number of hydrogen-bond acceptors (Lipinski definition) is 3. The van der Waals surface area contributed by atoms with Crippen molar-refractivity contribution in [1.29, 1.82) is 0 Å². The lowest BCUT2D eigenvalue weighted by Gasteiger charge is -2.39. The Morgan fingerprint density at radius 3 is 2.80 bits per heavy atom. The molecule has 0 bridgehead atoms. The van der Waals surface area contributed by atoms with Crippen molar-refractivity contribution in [1.82, 2.24) is 4.90 Å². The summed E-state index contributed by atoms with van der Waals surface area (Å²) in [7, 11) is 2.15. The molecule has 1 saturated heterocycles. The monoisotopic (exact) mass is 338 g/mol. The molecule has 0 amide bonds. The molecule has 1 heterocycles. The summed E-state index contributed by atoms with van der Waals surface area (Å²) in [4.78, 5) is 15.2. The minimum Gasteiger partial charge on any atom is -0.478 e. The Morgan fingerprint density at radius 1 is 1.45 bits per heavy atom. The van der Waals surface area contributed by atoms with Gasteiger partial charge in [-0.2, -0.15) is 0 Å². The van der Waals surface area contributed by atoms with Crippen LogP contribution in [0.25, 0.3) is 6.08 Å². The lowest BCUT2D eigenvalue weighted by Crippen LogP contribution is -2.50. The van der Waals surface area contributed by atoms with Crippen molar-refractivity contribution in [3.05, 3.63) is 34.3 Å². The SMILES string of the molecule is CC1CN(c2ccc(/C=C/C(=O)O)cc2Br)CCN1C. The lowest BCUT2D eigenvalue weighted by molar-refractivity contribution is -0.131. The van der Waals surface area contributed by atoms with Gasteiger partial charge in [-0.05, 0) is 53.7 Å². The van der Waals surface area contributed by atoms with Gasteiger partial charge in [-0.15, -0.1) is 0 Å². The van der Waals surface area contributed by atoms with E-state index in [1.165, 1.54) is 0 Å². The first-order valence-corrected chi connectivity index (χ1v) is 7.42. The van der Waals surface area contributed by atoms with E-state index in [0.717, 1.165) is 41.4 Å². The molecule has 5 heteroatoms. The van der Waals surface area contributed by atoms with Gasteiger partial charge in [-0.25, -0.2) is 4.79 Å². The van der Waals surface area contributed by atoms with E-state index in [1.54, 1.807) is 6.08 Å². The highest BCUT2D eigenvalue weighted by Crippen LogP contribution is 2.29. The molecule has 1 aromatic carbocycles. The van der Waals surface area contributed by atoms with E-state index in [-0.39, 0.29) is 0 Å². The van der Waals surface area contributed by atoms with E-state index in [2.05, 4.69) is 39.7 Å². The summed E-state index contributed by atoms with van der Waals surface area (Å²) in [5, 5.41) is 8.65. The molecule has 1 atom stereocenters. The largest absolute Gasteiger partial charge is 0.478 e. The van der Waals surface area contributed by atoms with Crippen LogP contribution in [0.15, 0.2) is 28.7 Å². The van der Waals surface area contributed by atoms with Crippen molar-refractivity contribution in [2.45, 2.75) is 13.0 Å². The van der Waals surface area contributed by atoms with E-state index >= 15 is 0 Å². The molecular weight excluding hydrogens is 320 g/mol. The van der Waals surface area contributed by atoms with E-state index in [9.17, 15) is 4.79 Å². The molecule has 0 aliphatic carbocycles. The number of carboxylic acids is 1. The summed E-state index contributed by atoms with van der Waals surface area (Å²) < 4.78 is 1.00. The van der Waals surface area contributed by atoms with Gasteiger partial charge in [-0.1, -0.05) is 6.07 Å². The molecule has 1 fully saturated rings. The van der Waals surface area contributed by atoms with Crippen molar-refractivity contribution in [2.24, 2.45) is 0 Å². The fourth-order valence-electron chi connectivity index (χ4n) is 2.32. The van der Waals surface area contributed by atoms with Gasteiger partial charge in [0.15, 0.2) is 0 Å². The molecule has 1 N–H and O–H groups in total. The highest BCUT2D eigenvalue weighted by Gasteiger charge is 2.21. The minimum absolute atomic E-state index is 0.530. The first kappa shape index (κ1) is 15.1. The van der Waals surface area contributed by atoms with Gasteiger partial charge in [0.1, 0.15) is 0 Å². The van der Waals surface area contributed by atoms with Crippen LogP contribution in [-0.4, -0.2) is 48.7 Å². The van der Waals surface area contributed by atoms with Crippen LogP contribution in [0.5, 0.6) is 0 Å². The number of hydrogen-bond donors (Lipinski definition) is 1. The molecule has 0 aromatic heterocycles. The van der Waals surface area contributed by atoms with Crippen LogP contribution in [0.3, 0.4) is 0 Å². The molecule has 1 aliphatic rings. The van der Waals surface area contributed by atoms with Gasteiger partial charge in [0.05, 0.1) is 5.69 Å². The maximum Gasteiger partial charge on any atom is 0.328 e. The van der Waals surface area contributed by atoms with Crippen LogP contribution < -0.4 is 4.90 Å². The smallest absolute Gasteiger partial charge is 0.328 e. The maximum atomic E-state index is 10.5. The normalized spacial score (nSPS) is 20.6. The zero-order valence-corrected chi connectivity index (χ0v) is 13.3. The summed E-state index contributed by atoms with van der Waals surface area (Å²) in [6.07, 6.45) is 2.75. The second-order valence-electron chi connectivity index (χ2n) is 5.16. The van der Waals surface area contributed by atoms with Crippen LogP contribution >= 0.6 is 15.9 Å². The third-order valence-corrected chi connectivity index (χ3v) is 4.33. The Bertz CT molecular complexity index is 531. The average Bonchev–Trinajstić information content (AvgIpc) is 2.40. The molecule has 4 nitrogen and oxygen atoms in total. The van der Waals surface area contributed by atoms with Crippen molar-refractivity contribution in [3.63, 3.8) is 0 Å². The first-order valence-electron chi connectivity index (χ1n) is 6.63. The molecule has 20 heavy (non-hydrogen) atoms. The van der Waals surface area contributed by atoms with Crippen LogP contribution in [-0.2, 0) is 4.79 Å². The number of nitrogens with zero attached hydrogens (tertiary/aromatic N) is 2. The van der Waals surface area contributed by atoms with E-state index in [0.29, 0.717) is 6.04 Å². The fraction of sp³-hybridized carbons (Fsp3) is 0.400. The number of anilines is 1. The van der Waals surface area contributed by atoms with Crippen molar-refractivity contribution >= 4 is 33.7 Å². The Hall–Kier alpha value is -1.33. The molecule has 1 aromatic rings. The standard InChI is InChI=1S/C15H19BrN2O2/c1-11-10-18(8-7-17(11)2)14-5-3-12(9-13(14)16)4-6-15(19)20/h3-6,9,11H,7-8,10H2,1-2H3,(H,19,20)/b6-4+. The number of carbonyl (C=O) groups is 1. The van der Waals surface area contributed by atoms with Crippen LogP contribution in [0, 0.1) is 0 Å². The Morgan fingerprint density at radius 2 is 2.20 bits per heavy atom. The number of aliphatic carboxylic acids is 1. The number of carboxylic acid groups (broad SMARTS) is 1. The fourth-order valence-corrected chi connectivity index (χ4v) is 2.97. The third kappa shape index (κ3) is 3.61. The first-order chi connectivity index (χ1) is 9.47. The highest BCUT2D eigenvalue weighted by atomic mass is 79.9. The number of benzene rings is 1. The third-order valence-electron chi connectivity index (χ3n) is 3.69. The van der Waals surface area contributed by atoms with Gasteiger partial charge < -0.3 is 14.9 Å². The van der Waals surface area contributed by atoms with Gasteiger partial charge >= 0.3 is 5.97 Å². The molecule has 0 radical (unpaired) electrons. The molecule has 0 spiro atoms. The van der Waals surface area contributed by atoms with Gasteiger partial charge in [0.25, 0.3) is 0 Å². The molecule has 2 rings (SSSR count). The summed E-state index contributed by atoms with van der Waals surface area (Å²) in [5.74, 6) is -0.932. The molecule has 1 unspecified atom stereocenters. The predicted octanol–water partition coefficient (Wildman–Crippen LogP) is 2.69. The van der Waals surface area contributed by atoms with Crippen LogP contribution in [0.4, 0.5) is 5.69 Å². The molecular formula is C15H19BrN2O2. The summed E-state index contributed by atoms with van der Waals surface area (Å²) in [6.45, 7) is 5.28. The van der Waals surface area contributed by atoms with E-state index in [1.807, 2.05) is 18.2 Å². The van der Waals surface area contributed by atoms with E-state index in [4.69, 9.17) is 5.11 Å². The van der Waals surface area contributed by atoms with Gasteiger partial charge in [0.2, 0.25) is 0 Å². The maximum absolute atomic E-state index is 10.5. The lowest BCUT2D eigenvalue weighted by atomic mass is 10.1. The van der Waals surface area contributed by atoms with Gasteiger partial charge in [0, 0.05) is 36.2 Å². The van der Waals surface area contributed by atoms with E-state index < -0.39 is 5.97 Å². The van der Waals surface area contributed by atoms with Crippen molar-refractivity contribution in [2.75, 3.05) is 31.6 Å². The number of likely N-dealkylation sites (N-methyl/N-ethyl adjacent to an activating group) is 1. The molecule has 0 saturated carbocycles. The topological polar surface area (TPSA) is 43.8 Å². The van der Waals surface area contributed by atoms with Gasteiger partial charge in [-0.3, -0.25) is 0 Å². The summed E-state index contributed by atoms with van der Waals surface area (Å²) in [5.41, 5.74) is 2.04. The molecule has 108 valence electrons. The zero-order chi connectivity index (χ0) is 14.7. The summed E-state index contributed by atoms with van der Waals surface area (Å²) >= 11 is 3.59. The van der Waals surface area contributed by atoms with Crippen molar-refractivity contribution < 1.29 is 9.90 Å².